The van der Waals surface area contributed by atoms with Crippen molar-refractivity contribution in [2.24, 2.45) is 17.8 Å². The summed E-state index contributed by atoms with van der Waals surface area (Å²) in [5, 5.41) is 0. The maximum absolute atomic E-state index is 3.94. The van der Waals surface area contributed by atoms with Crippen LogP contribution in [-0.4, -0.2) is 0 Å². The van der Waals surface area contributed by atoms with Gasteiger partial charge >= 0.3 is 0 Å². The van der Waals surface area contributed by atoms with Crippen LogP contribution < -0.4 is 0 Å². The van der Waals surface area contributed by atoms with Crippen LogP contribution in [0.25, 0.3) is 0 Å². The molecule has 0 radical (unpaired) electrons. The highest BCUT2D eigenvalue weighted by Gasteiger charge is 2.58. The molecule has 4 fully saturated rings. The maximum atomic E-state index is 3.94. The van der Waals surface area contributed by atoms with Gasteiger partial charge in [0.1, 0.15) is 0 Å². The Balaban J connectivity index is 1.74. The Labute approximate surface area is 189 Å². The molecule has 136 valence electrons. The van der Waals surface area contributed by atoms with Gasteiger partial charge < -0.3 is 0 Å². The molecular formula is C22H20Br4. The molecule has 0 spiro atoms. The van der Waals surface area contributed by atoms with Gasteiger partial charge in [-0.2, -0.15) is 0 Å². The van der Waals surface area contributed by atoms with Gasteiger partial charge in [-0.15, -0.1) is 0 Å². The third kappa shape index (κ3) is 2.69. The zero-order valence-corrected chi connectivity index (χ0v) is 20.7. The number of hydrogen-bond acceptors (Lipinski definition) is 0. The van der Waals surface area contributed by atoms with Crippen molar-refractivity contribution in [3.8, 4) is 0 Å². The van der Waals surface area contributed by atoms with Crippen LogP contribution in [0, 0.1) is 17.8 Å². The van der Waals surface area contributed by atoms with Crippen LogP contribution in [0.4, 0.5) is 0 Å². The summed E-state index contributed by atoms with van der Waals surface area (Å²) in [5.41, 5.74) is 3.26. The lowest BCUT2D eigenvalue weighted by molar-refractivity contribution is -0.0286. The lowest BCUT2D eigenvalue weighted by Crippen LogP contribution is -2.54. The minimum absolute atomic E-state index is 0.251. The Hall–Kier alpha value is 0.360. The van der Waals surface area contributed by atoms with Gasteiger partial charge in [0.2, 0.25) is 0 Å². The Kier molecular flexibility index (Phi) is 4.75. The third-order valence-electron chi connectivity index (χ3n) is 7.12. The average molecular weight is 604 g/mol. The summed E-state index contributed by atoms with van der Waals surface area (Å²) in [6, 6.07) is 13.5. The maximum Gasteiger partial charge on any atom is 0.0355 e. The zero-order valence-electron chi connectivity index (χ0n) is 14.3. The Morgan fingerprint density at radius 2 is 1.35 bits per heavy atom. The fraction of sp³-hybridized carbons (Fsp3) is 0.455. The van der Waals surface area contributed by atoms with Gasteiger partial charge in [0.05, 0.1) is 0 Å². The monoisotopic (exact) mass is 600 g/mol. The Morgan fingerprint density at radius 1 is 0.731 bits per heavy atom. The molecule has 4 saturated carbocycles. The van der Waals surface area contributed by atoms with E-state index in [9.17, 15) is 0 Å². The molecule has 0 N–H and O–H groups in total. The minimum Gasteiger partial charge on any atom is -0.0608 e. The quantitative estimate of drug-likeness (QED) is 0.322. The second-order valence-corrected chi connectivity index (χ2v) is 11.8. The smallest absolute Gasteiger partial charge is 0.0355 e. The molecule has 0 saturated heterocycles. The highest BCUT2D eigenvalue weighted by atomic mass is 79.9. The normalized spacial score (nSPS) is 35.1. The van der Waals surface area contributed by atoms with Crippen LogP contribution in [0.1, 0.15) is 49.1 Å². The molecule has 26 heavy (non-hydrogen) atoms. The molecule has 0 aliphatic heterocycles. The molecule has 3 unspecified atom stereocenters. The van der Waals surface area contributed by atoms with E-state index in [0.717, 1.165) is 17.8 Å². The molecule has 4 heteroatoms. The molecule has 4 aliphatic rings. The van der Waals surface area contributed by atoms with Gasteiger partial charge in [0.25, 0.3) is 0 Å². The molecule has 0 nitrogen and oxygen atoms in total. The van der Waals surface area contributed by atoms with Gasteiger partial charge in [-0.25, -0.2) is 0 Å². The minimum atomic E-state index is 0.251. The highest BCUT2D eigenvalue weighted by Crippen LogP contribution is 2.68. The number of halogens is 4. The topological polar surface area (TPSA) is 0 Å². The summed E-state index contributed by atoms with van der Waals surface area (Å²) >= 11 is 15.4. The second kappa shape index (κ2) is 6.71. The first-order valence-electron chi connectivity index (χ1n) is 9.38. The van der Waals surface area contributed by atoms with Gasteiger partial charge in [0.15, 0.2) is 0 Å². The molecule has 4 bridgehead atoms. The molecule has 0 heterocycles. The van der Waals surface area contributed by atoms with Crippen LogP contribution in [0.5, 0.6) is 0 Å². The van der Waals surface area contributed by atoms with E-state index < -0.39 is 0 Å². The van der Waals surface area contributed by atoms with Gasteiger partial charge in [-0.05, 0) is 143 Å². The number of rotatable bonds is 2. The first-order chi connectivity index (χ1) is 12.5. The SMILES string of the molecule is Brc1cccc(C2C3CC4CC(C3)CC2(c2cccc(Br)c2Br)C4)c1Br. The summed E-state index contributed by atoms with van der Waals surface area (Å²) < 4.78 is 4.87. The largest absolute Gasteiger partial charge is 0.0608 e. The fourth-order valence-electron chi connectivity index (χ4n) is 6.63. The molecule has 0 amide bonds. The highest BCUT2D eigenvalue weighted by molar-refractivity contribution is 9.13. The van der Waals surface area contributed by atoms with Crippen LogP contribution in [-0.2, 0) is 5.41 Å². The van der Waals surface area contributed by atoms with Crippen LogP contribution in [0.3, 0.4) is 0 Å². The predicted molar refractivity (Wildman–Crippen MR) is 122 cm³/mol. The lowest BCUT2D eigenvalue weighted by Gasteiger charge is -2.62. The molecular weight excluding hydrogens is 584 g/mol. The molecule has 4 aliphatic carbocycles. The van der Waals surface area contributed by atoms with Crippen molar-refractivity contribution in [3.05, 3.63) is 65.4 Å². The zero-order chi connectivity index (χ0) is 18.1. The fourth-order valence-corrected chi connectivity index (χ4v) is 8.55. The number of hydrogen-bond donors (Lipinski definition) is 0. The van der Waals surface area contributed by atoms with E-state index in [-0.39, 0.29) is 5.41 Å². The Bertz CT molecular complexity index is 860. The standard InChI is InChI=1S/C22H20Br4/c23-17-5-1-3-15(20(17)25)19-14-8-12-7-13(9-14)11-22(19,10-12)16-4-2-6-18(24)21(16)26/h1-6,12-14,19H,7-11H2. The van der Waals surface area contributed by atoms with E-state index in [1.165, 1.54) is 61.1 Å². The van der Waals surface area contributed by atoms with Gasteiger partial charge in [-0.1, -0.05) is 24.3 Å². The van der Waals surface area contributed by atoms with E-state index in [2.05, 4.69) is 100 Å². The van der Waals surface area contributed by atoms with E-state index in [4.69, 9.17) is 0 Å². The third-order valence-corrected chi connectivity index (χ3v) is 11.2. The van der Waals surface area contributed by atoms with E-state index >= 15 is 0 Å². The van der Waals surface area contributed by atoms with E-state index in [0.29, 0.717) is 5.92 Å². The van der Waals surface area contributed by atoms with E-state index in [1.807, 2.05) is 0 Å². The Morgan fingerprint density at radius 3 is 2.04 bits per heavy atom. The van der Waals surface area contributed by atoms with Crippen molar-refractivity contribution in [2.75, 3.05) is 0 Å². The average Bonchev–Trinajstić information content (AvgIpc) is 2.60. The van der Waals surface area contributed by atoms with Gasteiger partial charge in [0, 0.05) is 23.3 Å². The first-order valence-corrected chi connectivity index (χ1v) is 12.5. The van der Waals surface area contributed by atoms with Crippen LogP contribution in [0.15, 0.2) is 54.3 Å². The molecule has 3 atom stereocenters. The van der Waals surface area contributed by atoms with Crippen molar-refractivity contribution in [1.82, 2.24) is 0 Å². The van der Waals surface area contributed by atoms with Crippen molar-refractivity contribution < 1.29 is 0 Å². The van der Waals surface area contributed by atoms with Crippen molar-refractivity contribution in [3.63, 3.8) is 0 Å². The molecule has 2 aromatic rings. The van der Waals surface area contributed by atoms with Crippen molar-refractivity contribution >= 4 is 63.7 Å². The van der Waals surface area contributed by atoms with Gasteiger partial charge in [-0.3, -0.25) is 0 Å². The summed E-state index contributed by atoms with van der Waals surface area (Å²) in [5.74, 6) is 3.20. The second-order valence-electron chi connectivity index (χ2n) is 8.49. The van der Waals surface area contributed by atoms with Crippen LogP contribution >= 0.6 is 63.7 Å². The summed E-state index contributed by atoms with van der Waals surface area (Å²) in [4.78, 5) is 0. The van der Waals surface area contributed by atoms with Crippen molar-refractivity contribution in [1.29, 1.82) is 0 Å². The number of benzene rings is 2. The lowest BCUT2D eigenvalue weighted by atomic mass is 9.42. The predicted octanol–water partition coefficient (Wildman–Crippen LogP) is 8.60. The first kappa shape index (κ1) is 18.4. The molecule has 6 rings (SSSR count). The molecule has 2 aromatic carbocycles. The molecule has 0 aromatic heterocycles. The summed E-state index contributed by atoms with van der Waals surface area (Å²) in [6.45, 7) is 0. The van der Waals surface area contributed by atoms with Crippen molar-refractivity contribution in [2.45, 2.75) is 43.4 Å². The van der Waals surface area contributed by atoms with E-state index in [1.54, 1.807) is 0 Å². The summed E-state index contributed by atoms with van der Waals surface area (Å²) in [6.07, 6.45) is 6.94. The summed E-state index contributed by atoms with van der Waals surface area (Å²) in [7, 11) is 0. The van der Waals surface area contributed by atoms with Crippen LogP contribution in [0.2, 0.25) is 0 Å².